The van der Waals surface area contributed by atoms with Gasteiger partial charge in [0.1, 0.15) is 0 Å². The van der Waals surface area contributed by atoms with E-state index in [0.29, 0.717) is 0 Å². The summed E-state index contributed by atoms with van der Waals surface area (Å²) in [5.74, 6) is -23.1. The molecule has 0 saturated carbocycles. The highest BCUT2D eigenvalue weighted by Crippen LogP contribution is 2.36. The lowest BCUT2D eigenvalue weighted by molar-refractivity contribution is 0.377. The van der Waals surface area contributed by atoms with E-state index in [9.17, 15) is 43.9 Å². The van der Waals surface area contributed by atoms with Crippen LogP contribution in [0.5, 0.6) is 0 Å². The van der Waals surface area contributed by atoms with E-state index in [1.807, 2.05) is 0 Å². The van der Waals surface area contributed by atoms with Crippen LogP contribution in [0.15, 0.2) is 0 Å². The molecule has 0 amide bonds. The fourth-order valence-corrected chi connectivity index (χ4v) is 4.33. The van der Waals surface area contributed by atoms with Crippen molar-refractivity contribution >= 4 is 54.4 Å². The van der Waals surface area contributed by atoms with Gasteiger partial charge in [0.2, 0.25) is 11.6 Å². The lowest BCUT2D eigenvalue weighted by atomic mass is 10.2. The molecule has 0 radical (unpaired) electrons. The molecule has 0 heterocycles. The zero-order valence-electron chi connectivity index (χ0n) is 12.4. The third-order valence-electron chi connectivity index (χ3n) is 3.02. The standard InChI is InChI=1S/C14F10S4/c15-3-1(4(16)8(20)11(23)7(3)19)13(25)27-28-14(26)2-5(17)9(21)12(24)10(22)6(2)18. The Morgan fingerprint density at radius 2 is 0.571 bits per heavy atom. The SMILES string of the molecule is Fc1c(F)c(F)c(C(=S)SSC(=S)c2c(F)c(F)c(F)c(F)c2F)c(F)c1F. The number of hydrogen-bond donors (Lipinski definition) is 0. The summed E-state index contributed by atoms with van der Waals surface area (Å²) in [6, 6.07) is 0. The first-order valence-corrected chi connectivity index (χ1v) is 9.34. The van der Waals surface area contributed by atoms with Crippen molar-refractivity contribution in [1.82, 2.24) is 0 Å². The van der Waals surface area contributed by atoms with Crippen LogP contribution in [0.1, 0.15) is 11.1 Å². The summed E-state index contributed by atoms with van der Waals surface area (Å²) in [5.41, 5.74) is -3.02. The summed E-state index contributed by atoms with van der Waals surface area (Å²) in [4.78, 5) is 0. The minimum Gasteiger partial charge on any atom is -0.203 e. The summed E-state index contributed by atoms with van der Waals surface area (Å²) < 4.78 is 131. The average molecular weight is 486 g/mol. The van der Waals surface area contributed by atoms with Crippen molar-refractivity contribution < 1.29 is 43.9 Å². The number of benzene rings is 2. The van der Waals surface area contributed by atoms with E-state index < -0.39 is 77.7 Å². The molecule has 0 nitrogen and oxygen atoms in total. The molecule has 2 rings (SSSR count). The van der Waals surface area contributed by atoms with Crippen molar-refractivity contribution in [2.24, 2.45) is 0 Å². The number of thiocarbonyl (C=S) groups is 2. The van der Waals surface area contributed by atoms with Crippen molar-refractivity contribution in [3.8, 4) is 0 Å². The molecule has 0 spiro atoms. The second kappa shape index (κ2) is 8.55. The summed E-state index contributed by atoms with van der Waals surface area (Å²) in [6.07, 6.45) is 0. The van der Waals surface area contributed by atoms with Crippen molar-refractivity contribution in [1.29, 1.82) is 0 Å². The van der Waals surface area contributed by atoms with Crippen LogP contribution in [0.2, 0.25) is 0 Å². The number of hydrogen-bond acceptors (Lipinski definition) is 4. The quantitative estimate of drug-likeness (QED) is 0.156. The molecular formula is C14F10S4. The molecule has 0 aliphatic rings. The molecule has 0 unspecified atom stereocenters. The maximum atomic E-state index is 13.7. The van der Waals surface area contributed by atoms with Crippen molar-refractivity contribution in [2.75, 3.05) is 0 Å². The van der Waals surface area contributed by atoms with Crippen molar-refractivity contribution in [3.63, 3.8) is 0 Å². The Kier molecular flexibility index (Phi) is 6.99. The predicted octanol–water partition coefficient (Wildman–Crippen LogP) is 6.51. The van der Waals surface area contributed by atoms with Gasteiger partial charge in [-0.15, -0.1) is 0 Å². The fourth-order valence-electron chi connectivity index (χ4n) is 1.73. The average Bonchev–Trinajstić information content (AvgIpc) is 2.66. The normalized spacial score (nSPS) is 11.1. The van der Waals surface area contributed by atoms with Crippen LogP contribution in [0.3, 0.4) is 0 Å². The van der Waals surface area contributed by atoms with Gasteiger partial charge in [0, 0.05) is 0 Å². The molecule has 14 heteroatoms. The molecule has 0 saturated heterocycles. The van der Waals surface area contributed by atoms with Gasteiger partial charge in [-0.05, 0) is 21.6 Å². The zero-order chi connectivity index (χ0) is 21.5. The first-order chi connectivity index (χ1) is 12.9. The smallest absolute Gasteiger partial charge is 0.200 e. The van der Waals surface area contributed by atoms with E-state index >= 15 is 0 Å². The molecule has 150 valence electrons. The maximum absolute atomic E-state index is 13.7. The van der Waals surface area contributed by atoms with Gasteiger partial charge in [-0.1, -0.05) is 24.4 Å². The Labute approximate surface area is 167 Å². The first kappa shape index (κ1) is 22.9. The molecule has 0 aliphatic carbocycles. The van der Waals surface area contributed by atoms with E-state index in [0.717, 1.165) is 0 Å². The second-order valence-corrected chi connectivity index (χ2v) is 8.11. The van der Waals surface area contributed by atoms with Crippen LogP contribution in [0.4, 0.5) is 43.9 Å². The minimum absolute atomic E-state index is 0.0165. The minimum atomic E-state index is -2.43. The maximum Gasteiger partial charge on any atom is 0.200 e. The van der Waals surface area contributed by atoms with E-state index in [-0.39, 0.29) is 21.6 Å². The lowest BCUT2D eigenvalue weighted by Gasteiger charge is -2.11. The van der Waals surface area contributed by atoms with E-state index in [1.54, 1.807) is 0 Å². The monoisotopic (exact) mass is 486 g/mol. The molecule has 0 atom stereocenters. The van der Waals surface area contributed by atoms with E-state index in [1.165, 1.54) is 0 Å². The molecular weight excluding hydrogens is 486 g/mol. The Bertz CT molecular complexity index is 881. The summed E-state index contributed by atoms with van der Waals surface area (Å²) in [7, 11) is 0.0331. The van der Waals surface area contributed by atoms with Crippen molar-refractivity contribution in [3.05, 3.63) is 69.3 Å². The largest absolute Gasteiger partial charge is 0.203 e. The number of rotatable bonds is 2. The first-order valence-electron chi connectivity index (χ1n) is 6.37. The van der Waals surface area contributed by atoms with Crippen LogP contribution in [-0.4, -0.2) is 8.39 Å². The molecule has 2 aromatic rings. The summed E-state index contributed by atoms with van der Waals surface area (Å²) in [6.45, 7) is 0. The second-order valence-electron chi connectivity index (χ2n) is 4.63. The van der Waals surface area contributed by atoms with E-state index in [4.69, 9.17) is 0 Å². The van der Waals surface area contributed by atoms with Gasteiger partial charge in [-0.2, -0.15) is 0 Å². The number of halogens is 10. The topological polar surface area (TPSA) is 0 Å². The third kappa shape index (κ3) is 3.86. The highest BCUT2D eigenvalue weighted by Gasteiger charge is 2.30. The van der Waals surface area contributed by atoms with Crippen LogP contribution >= 0.6 is 46.0 Å². The zero-order valence-corrected chi connectivity index (χ0v) is 15.7. The van der Waals surface area contributed by atoms with Gasteiger partial charge in [0.15, 0.2) is 46.5 Å². The van der Waals surface area contributed by atoms with Gasteiger partial charge in [0.05, 0.1) is 19.5 Å². The Balaban J connectivity index is 2.34. The molecule has 0 fully saturated rings. The van der Waals surface area contributed by atoms with Crippen LogP contribution in [-0.2, 0) is 0 Å². The van der Waals surface area contributed by atoms with Gasteiger partial charge >= 0.3 is 0 Å². The highest BCUT2D eigenvalue weighted by atomic mass is 33.1. The Morgan fingerprint density at radius 1 is 0.393 bits per heavy atom. The van der Waals surface area contributed by atoms with Crippen LogP contribution in [0, 0.1) is 58.2 Å². The lowest BCUT2D eigenvalue weighted by Crippen LogP contribution is -2.11. The van der Waals surface area contributed by atoms with Crippen molar-refractivity contribution in [2.45, 2.75) is 0 Å². The predicted molar refractivity (Wildman–Crippen MR) is 91.0 cm³/mol. The Morgan fingerprint density at radius 3 is 0.786 bits per heavy atom. The molecule has 2 aromatic carbocycles. The van der Waals surface area contributed by atoms with Crippen LogP contribution < -0.4 is 0 Å². The molecule has 0 aromatic heterocycles. The van der Waals surface area contributed by atoms with Gasteiger partial charge in [-0.3, -0.25) is 0 Å². The third-order valence-corrected chi connectivity index (χ3v) is 6.61. The fraction of sp³-hybridized carbons (Fsp3) is 0. The van der Waals surface area contributed by atoms with Gasteiger partial charge in [0.25, 0.3) is 0 Å². The Hall–Kier alpha value is -1.38. The van der Waals surface area contributed by atoms with Gasteiger partial charge < -0.3 is 0 Å². The summed E-state index contributed by atoms with van der Waals surface area (Å²) >= 11 is 9.03. The molecule has 0 bridgehead atoms. The van der Waals surface area contributed by atoms with E-state index in [2.05, 4.69) is 24.4 Å². The summed E-state index contributed by atoms with van der Waals surface area (Å²) in [5, 5.41) is 0. The molecule has 28 heavy (non-hydrogen) atoms. The van der Waals surface area contributed by atoms with Crippen LogP contribution in [0.25, 0.3) is 0 Å². The van der Waals surface area contributed by atoms with Gasteiger partial charge in [-0.25, -0.2) is 43.9 Å². The highest BCUT2D eigenvalue weighted by molar-refractivity contribution is 8.90. The molecule has 0 N–H and O–H groups in total. The molecule has 0 aliphatic heterocycles.